The monoisotopic (exact) mass is 589 g/mol. The highest BCUT2D eigenvalue weighted by molar-refractivity contribution is 5.76. The highest BCUT2D eigenvalue weighted by Gasteiger charge is 2.46. The quantitative estimate of drug-likeness (QED) is 0.381. The molecule has 43 heavy (non-hydrogen) atoms. The number of nitrogens with zero attached hydrogens (tertiary/aromatic N) is 4. The van der Waals surface area contributed by atoms with Gasteiger partial charge in [0.2, 0.25) is 0 Å². The molecule has 3 heterocycles. The van der Waals surface area contributed by atoms with Gasteiger partial charge < -0.3 is 15.1 Å². The van der Waals surface area contributed by atoms with E-state index in [1.165, 1.54) is 30.6 Å². The summed E-state index contributed by atoms with van der Waals surface area (Å²) >= 11 is 0. The van der Waals surface area contributed by atoms with Crippen LogP contribution in [0.25, 0.3) is 5.57 Å². The largest absolute Gasteiger partial charge is 0.324 e. The maximum absolute atomic E-state index is 14.9. The second-order valence-electron chi connectivity index (χ2n) is 11.8. The van der Waals surface area contributed by atoms with E-state index in [0.717, 1.165) is 25.0 Å². The van der Waals surface area contributed by atoms with Gasteiger partial charge in [0, 0.05) is 49.3 Å². The van der Waals surface area contributed by atoms with E-state index in [4.69, 9.17) is 0 Å². The second-order valence-corrected chi connectivity index (χ2v) is 11.8. The Morgan fingerprint density at radius 3 is 2.79 bits per heavy atom. The minimum Gasteiger partial charge on any atom is -0.324 e. The van der Waals surface area contributed by atoms with Crippen LogP contribution < -0.4 is 10.9 Å². The van der Waals surface area contributed by atoms with Crippen molar-refractivity contribution in [3.63, 3.8) is 0 Å². The van der Waals surface area contributed by atoms with E-state index in [2.05, 4.69) is 33.9 Å². The fourth-order valence-electron chi connectivity index (χ4n) is 7.02. The molecule has 1 aromatic carbocycles. The van der Waals surface area contributed by atoms with Crippen molar-refractivity contribution >= 4 is 11.6 Å². The molecule has 1 spiro atoms. The Morgan fingerprint density at radius 1 is 1.19 bits per heavy atom. The van der Waals surface area contributed by atoms with E-state index >= 15 is 0 Å². The van der Waals surface area contributed by atoms with Gasteiger partial charge in [-0.05, 0) is 75.4 Å². The molecule has 2 aliphatic heterocycles. The number of urea groups is 1. The van der Waals surface area contributed by atoms with Gasteiger partial charge in [-0.15, -0.1) is 0 Å². The SMILES string of the molecule is CN[C@@H]1CCN(C(=O)N2CC[C@@H](Cn3cnc(C4=C=C=CC=C4F)cc3=O)C3(C=CCC3)C2)[C@H](c2cc(F)ccc2F)C1. The number of piperidine rings is 2. The Balaban J connectivity index is 1.22. The molecular weight excluding hydrogens is 555 g/mol. The molecule has 2 aliphatic carbocycles. The number of halogens is 3. The zero-order valence-corrected chi connectivity index (χ0v) is 24.0. The Labute approximate surface area is 248 Å². The van der Waals surface area contributed by atoms with E-state index in [-0.39, 0.29) is 45.8 Å². The van der Waals surface area contributed by atoms with Gasteiger partial charge in [-0.1, -0.05) is 23.6 Å². The lowest BCUT2D eigenvalue weighted by Gasteiger charge is -2.49. The summed E-state index contributed by atoms with van der Waals surface area (Å²) < 4.78 is 44.9. The summed E-state index contributed by atoms with van der Waals surface area (Å²) in [6.07, 6.45) is 12.0. The molecule has 4 atom stereocenters. The number of rotatable bonds is 5. The van der Waals surface area contributed by atoms with Crippen molar-refractivity contribution in [1.29, 1.82) is 0 Å². The number of allylic oxidation sites excluding steroid dienone is 5. The number of amides is 2. The summed E-state index contributed by atoms with van der Waals surface area (Å²) in [7, 11) is 1.84. The van der Waals surface area contributed by atoms with Crippen LogP contribution in [0.3, 0.4) is 0 Å². The molecule has 1 N–H and O–H groups in total. The first-order valence-electron chi connectivity index (χ1n) is 14.8. The topological polar surface area (TPSA) is 70.5 Å². The highest BCUT2D eigenvalue weighted by Crippen LogP contribution is 2.46. The van der Waals surface area contributed by atoms with Crippen molar-refractivity contribution in [2.45, 2.75) is 50.7 Å². The number of likely N-dealkylation sites (tertiary alicyclic amines) is 2. The second kappa shape index (κ2) is 11.9. The maximum Gasteiger partial charge on any atom is 0.320 e. The molecule has 2 amide bonds. The first-order chi connectivity index (χ1) is 20.8. The third kappa shape index (κ3) is 5.66. The Morgan fingerprint density at radius 2 is 2.05 bits per heavy atom. The molecule has 1 unspecified atom stereocenters. The lowest BCUT2D eigenvalue weighted by molar-refractivity contribution is 0.0432. The van der Waals surface area contributed by atoms with Crippen molar-refractivity contribution < 1.29 is 18.0 Å². The molecule has 10 heteroatoms. The van der Waals surface area contributed by atoms with Crippen molar-refractivity contribution in [2.24, 2.45) is 11.3 Å². The lowest BCUT2D eigenvalue weighted by atomic mass is 9.70. The molecule has 6 rings (SSSR count). The molecule has 2 saturated heterocycles. The van der Waals surface area contributed by atoms with Crippen LogP contribution >= 0.6 is 0 Å². The Bertz CT molecular complexity index is 1650. The lowest BCUT2D eigenvalue weighted by Crippen LogP contribution is -2.56. The van der Waals surface area contributed by atoms with Gasteiger partial charge >= 0.3 is 6.03 Å². The van der Waals surface area contributed by atoms with E-state index in [0.29, 0.717) is 45.4 Å². The Kier molecular flexibility index (Phi) is 8.01. The number of benzene rings is 1. The number of hydrogen-bond acceptors (Lipinski definition) is 4. The summed E-state index contributed by atoms with van der Waals surface area (Å²) in [4.78, 5) is 35.0. The predicted molar refractivity (Wildman–Crippen MR) is 156 cm³/mol. The van der Waals surface area contributed by atoms with Gasteiger partial charge in [0.15, 0.2) is 0 Å². The summed E-state index contributed by atoms with van der Waals surface area (Å²) in [5.41, 5.74) is 5.26. The van der Waals surface area contributed by atoms with Crippen molar-refractivity contribution in [3.05, 3.63) is 105 Å². The summed E-state index contributed by atoms with van der Waals surface area (Å²) in [6, 6.07) is 4.05. The molecule has 0 radical (unpaired) electrons. The standard InChI is InChI=1S/C33H34F3N5O2/c1-37-24-11-15-41(30(17-24)26-16-23(34)8-9-28(26)36)32(43)39-14-10-22(33(20-39)12-4-5-13-33)19-40-21-38-29(18-31(40)42)25-6-2-3-7-27(25)35/h3-4,7-9,12,16,18,21-22,24,30,37H,5,10-11,13-15,17,19-20H2,1H3/t22-,24+,30-,33?/m0/s1. The van der Waals surface area contributed by atoms with Gasteiger partial charge in [0.25, 0.3) is 5.56 Å². The van der Waals surface area contributed by atoms with Gasteiger partial charge in [-0.2, -0.15) is 0 Å². The van der Waals surface area contributed by atoms with Gasteiger partial charge in [0.05, 0.1) is 23.6 Å². The molecule has 1 aromatic heterocycles. The first-order valence-corrected chi connectivity index (χ1v) is 14.8. The smallest absolute Gasteiger partial charge is 0.320 e. The summed E-state index contributed by atoms with van der Waals surface area (Å²) in [5, 5.41) is 3.23. The van der Waals surface area contributed by atoms with Gasteiger partial charge in [-0.3, -0.25) is 9.36 Å². The van der Waals surface area contributed by atoms with E-state index < -0.39 is 23.5 Å². The van der Waals surface area contributed by atoms with Gasteiger partial charge in [-0.25, -0.2) is 22.9 Å². The van der Waals surface area contributed by atoms with E-state index in [1.807, 2.05) is 11.9 Å². The van der Waals surface area contributed by atoms with Crippen LogP contribution in [0, 0.1) is 23.0 Å². The molecule has 224 valence electrons. The molecule has 7 nitrogen and oxygen atoms in total. The molecule has 2 aromatic rings. The predicted octanol–water partition coefficient (Wildman–Crippen LogP) is 5.29. The third-order valence-corrected chi connectivity index (χ3v) is 9.42. The van der Waals surface area contributed by atoms with Crippen LogP contribution in [0.2, 0.25) is 0 Å². The molecule has 2 fully saturated rings. The summed E-state index contributed by atoms with van der Waals surface area (Å²) in [6.45, 7) is 1.79. The fraction of sp³-hybridized carbons (Fsp3) is 0.424. The summed E-state index contributed by atoms with van der Waals surface area (Å²) in [5.74, 6) is -1.51. The average Bonchev–Trinajstić information content (AvgIpc) is 3.48. The van der Waals surface area contributed by atoms with Crippen LogP contribution in [-0.4, -0.2) is 58.1 Å². The molecule has 0 bridgehead atoms. The average molecular weight is 590 g/mol. The molecule has 0 saturated carbocycles. The van der Waals surface area contributed by atoms with Crippen LogP contribution in [0.1, 0.15) is 49.4 Å². The Hall–Kier alpha value is -4.10. The highest BCUT2D eigenvalue weighted by atomic mass is 19.1. The minimum atomic E-state index is -0.588. The number of aromatic nitrogens is 2. The number of nitrogens with one attached hydrogen (secondary N) is 1. The zero-order valence-electron chi connectivity index (χ0n) is 24.0. The van der Waals surface area contributed by atoms with Crippen LogP contribution in [0.5, 0.6) is 0 Å². The first kappa shape index (κ1) is 29.0. The number of carbonyl (C=O) groups is 1. The van der Waals surface area contributed by atoms with E-state index in [1.54, 1.807) is 9.47 Å². The molecular formula is C33H34F3N5O2. The zero-order chi connectivity index (χ0) is 30.1. The van der Waals surface area contributed by atoms with Crippen LogP contribution in [-0.2, 0) is 6.54 Å². The molecule has 4 aliphatic rings. The minimum absolute atomic E-state index is 0.0699. The van der Waals surface area contributed by atoms with Crippen LogP contribution in [0.4, 0.5) is 18.0 Å². The number of hydrogen-bond donors (Lipinski definition) is 1. The fourth-order valence-corrected chi connectivity index (χ4v) is 7.02. The van der Waals surface area contributed by atoms with E-state index in [9.17, 15) is 22.8 Å². The third-order valence-electron chi connectivity index (χ3n) is 9.42. The van der Waals surface area contributed by atoms with Crippen molar-refractivity contribution in [2.75, 3.05) is 26.7 Å². The van der Waals surface area contributed by atoms with Crippen LogP contribution in [0.15, 0.2) is 77.0 Å². The normalized spacial score (nSPS) is 26.7. The van der Waals surface area contributed by atoms with Gasteiger partial charge in [0.1, 0.15) is 17.5 Å². The van der Waals surface area contributed by atoms with Crippen molar-refractivity contribution in [1.82, 2.24) is 24.7 Å². The van der Waals surface area contributed by atoms with Crippen molar-refractivity contribution in [3.8, 4) is 0 Å². The maximum atomic E-state index is 14.9. The number of carbonyl (C=O) groups excluding carboxylic acids is 1.